The standard InChI is InChI=1S/C15H21N3O2/c1-18-11-12(9-17-18)6-7-16-10-15(19)13-4-3-5-14(8-13)20-2/h3-5,8-9,11,15-16,19H,6-7,10H2,1-2H3. The number of aliphatic hydroxyl groups is 1. The normalized spacial score (nSPS) is 12.3. The van der Waals surface area contributed by atoms with Crippen molar-refractivity contribution >= 4 is 0 Å². The number of aliphatic hydroxyl groups excluding tert-OH is 1. The molecule has 1 aromatic heterocycles. The van der Waals surface area contributed by atoms with E-state index in [1.807, 2.05) is 43.7 Å². The second kappa shape index (κ2) is 7.07. The smallest absolute Gasteiger partial charge is 0.119 e. The minimum absolute atomic E-state index is 0.521. The van der Waals surface area contributed by atoms with E-state index in [4.69, 9.17) is 4.74 Å². The molecule has 1 atom stereocenters. The Morgan fingerprint density at radius 1 is 1.45 bits per heavy atom. The summed E-state index contributed by atoms with van der Waals surface area (Å²) in [5.74, 6) is 0.761. The van der Waals surface area contributed by atoms with Crippen molar-refractivity contribution in [3.63, 3.8) is 0 Å². The predicted octanol–water partition coefficient (Wildman–Crippen LogP) is 1.29. The van der Waals surface area contributed by atoms with Crippen LogP contribution in [0.1, 0.15) is 17.2 Å². The molecule has 2 N–H and O–H groups in total. The van der Waals surface area contributed by atoms with Crippen molar-refractivity contribution in [2.75, 3.05) is 20.2 Å². The second-order valence-electron chi connectivity index (χ2n) is 4.77. The maximum Gasteiger partial charge on any atom is 0.119 e. The van der Waals surface area contributed by atoms with Gasteiger partial charge in [-0.15, -0.1) is 0 Å². The molecule has 0 fully saturated rings. The van der Waals surface area contributed by atoms with Crippen molar-refractivity contribution in [1.29, 1.82) is 0 Å². The number of benzene rings is 1. The zero-order valence-corrected chi connectivity index (χ0v) is 11.9. The first-order valence-electron chi connectivity index (χ1n) is 6.69. The third kappa shape index (κ3) is 4.08. The summed E-state index contributed by atoms with van der Waals surface area (Å²) >= 11 is 0. The van der Waals surface area contributed by atoms with E-state index in [9.17, 15) is 5.11 Å². The SMILES string of the molecule is COc1cccc(C(O)CNCCc2cnn(C)c2)c1. The van der Waals surface area contributed by atoms with Gasteiger partial charge < -0.3 is 15.2 Å². The van der Waals surface area contributed by atoms with Gasteiger partial charge >= 0.3 is 0 Å². The molecular formula is C15H21N3O2. The van der Waals surface area contributed by atoms with Crippen LogP contribution in [0.3, 0.4) is 0 Å². The Morgan fingerprint density at radius 2 is 2.30 bits per heavy atom. The number of aromatic nitrogens is 2. The van der Waals surface area contributed by atoms with Crippen molar-refractivity contribution in [2.45, 2.75) is 12.5 Å². The van der Waals surface area contributed by atoms with Crippen LogP contribution in [-0.2, 0) is 13.5 Å². The first-order chi connectivity index (χ1) is 9.69. The van der Waals surface area contributed by atoms with Gasteiger partial charge in [0.2, 0.25) is 0 Å². The van der Waals surface area contributed by atoms with Crippen LogP contribution in [0.15, 0.2) is 36.7 Å². The molecule has 0 radical (unpaired) electrons. The lowest BCUT2D eigenvalue weighted by molar-refractivity contribution is 0.174. The molecule has 0 aliphatic carbocycles. The molecule has 0 aliphatic rings. The lowest BCUT2D eigenvalue weighted by Crippen LogP contribution is -2.23. The molecule has 0 aliphatic heterocycles. The number of hydrogen-bond acceptors (Lipinski definition) is 4. The van der Waals surface area contributed by atoms with E-state index >= 15 is 0 Å². The Kier molecular flexibility index (Phi) is 5.15. The number of aryl methyl sites for hydroxylation is 1. The molecular weight excluding hydrogens is 254 g/mol. The number of ether oxygens (including phenoxy) is 1. The van der Waals surface area contributed by atoms with E-state index < -0.39 is 6.10 Å². The molecule has 0 bridgehead atoms. The second-order valence-corrected chi connectivity index (χ2v) is 4.77. The number of rotatable bonds is 7. The highest BCUT2D eigenvalue weighted by Gasteiger charge is 2.07. The van der Waals surface area contributed by atoms with E-state index in [0.29, 0.717) is 6.54 Å². The molecule has 5 nitrogen and oxygen atoms in total. The van der Waals surface area contributed by atoms with Crippen LogP contribution < -0.4 is 10.1 Å². The lowest BCUT2D eigenvalue weighted by atomic mass is 10.1. The Labute approximate surface area is 119 Å². The monoisotopic (exact) mass is 275 g/mol. The topological polar surface area (TPSA) is 59.3 Å². The van der Waals surface area contributed by atoms with Crippen molar-refractivity contribution in [2.24, 2.45) is 7.05 Å². The molecule has 1 heterocycles. The summed E-state index contributed by atoms with van der Waals surface area (Å²) in [6.45, 7) is 1.33. The zero-order chi connectivity index (χ0) is 14.4. The summed E-state index contributed by atoms with van der Waals surface area (Å²) in [5, 5.41) is 17.5. The van der Waals surface area contributed by atoms with Crippen molar-refractivity contribution in [3.8, 4) is 5.75 Å². The number of nitrogens with one attached hydrogen (secondary N) is 1. The molecule has 5 heteroatoms. The number of methoxy groups -OCH3 is 1. The largest absolute Gasteiger partial charge is 0.497 e. The fourth-order valence-corrected chi connectivity index (χ4v) is 2.04. The van der Waals surface area contributed by atoms with Gasteiger partial charge in [-0.1, -0.05) is 12.1 Å². The Balaban J connectivity index is 1.75. The van der Waals surface area contributed by atoms with Crippen LogP contribution in [0.4, 0.5) is 0 Å². The first-order valence-corrected chi connectivity index (χ1v) is 6.69. The van der Waals surface area contributed by atoms with Crippen LogP contribution in [0.5, 0.6) is 5.75 Å². The van der Waals surface area contributed by atoms with Gasteiger partial charge in [-0.05, 0) is 36.2 Å². The lowest BCUT2D eigenvalue weighted by Gasteiger charge is -2.13. The summed E-state index contributed by atoms with van der Waals surface area (Å²) in [7, 11) is 3.53. The highest BCUT2D eigenvalue weighted by molar-refractivity contribution is 5.29. The molecule has 1 aromatic carbocycles. The molecule has 0 amide bonds. The van der Waals surface area contributed by atoms with E-state index in [0.717, 1.165) is 24.3 Å². The molecule has 2 aromatic rings. The Morgan fingerprint density at radius 3 is 3.00 bits per heavy atom. The van der Waals surface area contributed by atoms with Crippen molar-refractivity contribution in [3.05, 3.63) is 47.8 Å². The minimum Gasteiger partial charge on any atom is -0.497 e. The molecule has 2 rings (SSSR count). The molecule has 108 valence electrons. The fourth-order valence-electron chi connectivity index (χ4n) is 2.04. The van der Waals surface area contributed by atoms with Gasteiger partial charge in [-0.3, -0.25) is 4.68 Å². The van der Waals surface area contributed by atoms with Gasteiger partial charge in [0.15, 0.2) is 0 Å². The van der Waals surface area contributed by atoms with Crippen LogP contribution in [0, 0.1) is 0 Å². The molecule has 0 spiro atoms. The molecule has 20 heavy (non-hydrogen) atoms. The third-order valence-electron chi connectivity index (χ3n) is 3.17. The van der Waals surface area contributed by atoms with Crippen LogP contribution >= 0.6 is 0 Å². The maximum atomic E-state index is 10.1. The van der Waals surface area contributed by atoms with E-state index in [2.05, 4.69) is 10.4 Å². The molecule has 0 saturated carbocycles. The van der Waals surface area contributed by atoms with Crippen molar-refractivity contribution in [1.82, 2.24) is 15.1 Å². The number of hydrogen-bond donors (Lipinski definition) is 2. The highest BCUT2D eigenvalue weighted by atomic mass is 16.5. The average Bonchev–Trinajstić information content (AvgIpc) is 2.89. The number of nitrogens with zero attached hydrogens (tertiary/aromatic N) is 2. The Hall–Kier alpha value is -1.85. The zero-order valence-electron chi connectivity index (χ0n) is 11.9. The fraction of sp³-hybridized carbons (Fsp3) is 0.400. The van der Waals surface area contributed by atoms with Gasteiger partial charge in [0.1, 0.15) is 5.75 Å². The highest BCUT2D eigenvalue weighted by Crippen LogP contribution is 2.18. The maximum absolute atomic E-state index is 10.1. The summed E-state index contributed by atoms with van der Waals surface area (Å²) in [6.07, 6.45) is 4.23. The van der Waals surface area contributed by atoms with Crippen LogP contribution in [0.25, 0.3) is 0 Å². The average molecular weight is 275 g/mol. The quantitative estimate of drug-likeness (QED) is 0.748. The van der Waals surface area contributed by atoms with Gasteiger partial charge in [-0.25, -0.2) is 0 Å². The molecule has 0 saturated heterocycles. The van der Waals surface area contributed by atoms with Gasteiger partial charge in [0.05, 0.1) is 19.4 Å². The van der Waals surface area contributed by atoms with Gasteiger partial charge in [0, 0.05) is 19.8 Å². The van der Waals surface area contributed by atoms with Gasteiger partial charge in [0.25, 0.3) is 0 Å². The first kappa shape index (κ1) is 14.6. The predicted molar refractivity (Wildman–Crippen MR) is 77.7 cm³/mol. The van der Waals surface area contributed by atoms with Crippen molar-refractivity contribution < 1.29 is 9.84 Å². The minimum atomic E-state index is -0.529. The Bertz CT molecular complexity index is 539. The summed E-state index contributed by atoms with van der Waals surface area (Å²) in [4.78, 5) is 0. The van der Waals surface area contributed by atoms with Crippen LogP contribution in [0.2, 0.25) is 0 Å². The van der Waals surface area contributed by atoms with E-state index in [-0.39, 0.29) is 0 Å². The van der Waals surface area contributed by atoms with E-state index in [1.54, 1.807) is 11.8 Å². The van der Waals surface area contributed by atoms with Crippen LogP contribution in [-0.4, -0.2) is 35.1 Å². The van der Waals surface area contributed by atoms with Gasteiger partial charge in [-0.2, -0.15) is 5.10 Å². The summed E-state index contributed by atoms with van der Waals surface area (Å²) in [6, 6.07) is 7.50. The third-order valence-corrected chi connectivity index (χ3v) is 3.17. The summed E-state index contributed by atoms with van der Waals surface area (Å²) < 4.78 is 6.94. The molecule has 1 unspecified atom stereocenters. The van der Waals surface area contributed by atoms with E-state index in [1.165, 1.54) is 5.56 Å². The summed E-state index contributed by atoms with van der Waals surface area (Å²) in [5.41, 5.74) is 2.05.